The van der Waals surface area contributed by atoms with Crippen LogP contribution in [0.4, 0.5) is 4.79 Å². The molecule has 0 radical (unpaired) electrons. The molecule has 2 atom stereocenters. The smallest absolute Gasteiger partial charge is 0.326 e. The van der Waals surface area contributed by atoms with Crippen molar-refractivity contribution in [1.29, 1.82) is 0 Å². The van der Waals surface area contributed by atoms with Crippen molar-refractivity contribution in [3.05, 3.63) is 0 Å². The molecule has 17 heavy (non-hydrogen) atoms. The first-order chi connectivity index (χ1) is 8.04. The molecule has 0 aromatic carbocycles. The van der Waals surface area contributed by atoms with Gasteiger partial charge in [0.25, 0.3) is 0 Å². The largest absolute Gasteiger partial charge is 0.480 e. The summed E-state index contributed by atoms with van der Waals surface area (Å²) in [4.78, 5) is 22.3. The Bertz CT molecular complexity index is 279. The third-order valence-corrected chi connectivity index (χ3v) is 3.24. The summed E-state index contributed by atoms with van der Waals surface area (Å²) < 4.78 is 0. The first-order valence-corrected chi connectivity index (χ1v) is 5.95. The molecule has 0 bridgehead atoms. The summed E-state index contributed by atoms with van der Waals surface area (Å²) in [7, 11) is 0. The lowest BCUT2D eigenvalue weighted by molar-refractivity contribution is -0.139. The molecule has 0 heterocycles. The lowest BCUT2D eigenvalue weighted by Gasteiger charge is -2.32. The summed E-state index contributed by atoms with van der Waals surface area (Å²) in [6, 6.07) is -1.45. The van der Waals surface area contributed by atoms with E-state index in [1.807, 2.05) is 6.92 Å². The Morgan fingerprint density at radius 3 is 2.41 bits per heavy atom. The van der Waals surface area contributed by atoms with E-state index in [4.69, 9.17) is 10.2 Å². The molecular weight excluding hydrogens is 224 g/mol. The number of urea groups is 1. The predicted octanol–water partition coefficient (Wildman–Crippen LogP) is 0.310. The molecule has 0 aromatic rings. The van der Waals surface area contributed by atoms with Crippen molar-refractivity contribution in [1.82, 2.24) is 10.6 Å². The van der Waals surface area contributed by atoms with E-state index in [0.29, 0.717) is 5.92 Å². The Balaban J connectivity index is 2.33. The Labute approximate surface area is 100 Å². The number of aliphatic carboxylic acids is 1. The van der Waals surface area contributed by atoms with Crippen molar-refractivity contribution in [2.24, 2.45) is 5.92 Å². The molecule has 1 unspecified atom stereocenters. The summed E-state index contributed by atoms with van der Waals surface area (Å²) >= 11 is 0. The van der Waals surface area contributed by atoms with Crippen LogP contribution in [0, 0.1) is 5.92 Å². The topological polar surface area (TPSA) is 98.7 Å². The van der Waals surface area contributed by atoms with E-state index < -0.39 is 18.0 Å². The number of hydrogen-bond donors (Lipinski definition) is 4. The molecule has 1 aliphatic carbocycles. The number of aliphatic hydroxyl groups excluding tert-OH is 1. The SMILES string of the molecule is CC(NC(=O)N[C@@H](CCO)C(=O)O)C1CCC1. The van der Waals surface area contributed by atoms with Crippen molar-refractivity contribution in [2.45, 2.75) is 44.7 Å². The fourth-order valence-corrected chi connectivity index (χ4v) is 1.85. The van der Waals surface area contributed by atoms with Gasteiger partial charge in [0, 0.05) is 19.1 Å². The van der Waals surface area contributed by atoms with Gasteiger partial charge in [0.2, 0.25) is 0 Å². The zero-order valence-corrected chi connectivity index (χ0v) is 9.98. The van der Waals surface area contributed by atoms with Crippen molar-refractivity contribution in [3.63, 3.8) is 0 Å². The molecular formula is C11H20N2O4. The van der Waals surface area contributed by atoms with Gasteiger partial charge < -0.3 is 20.8 Å². The van der Waals surface area contributed by atoms with Gasteiger partial charge in [-0.2, -0.15) is 0 Å². The fraction of sp³-hybridized carbons (Fsp3) is 0.818. The Hall–Kier alpha value is -1.30. The van der Waals surface area contributed by atoms with Gasteiger partial charge in [-0.1, -0.05) is 6.42 Å². The van der Waals surface area contributed by atoms with Crippen LogP contribution in [0.3, 0.4) is 0 Å². The van der Waals surface area contributed by atoms with E-state index in [-0.39, 0.29) is 19.1 Å². The molecule has 1 aliphatic rings. The minimum absolute atomic E-state index is 0.0144. The second-order valence-corrected chi connectivity index (χ2v) is 4.50. The summed E-state index contributed by atoms with van der Waals surface area (Å²) in [6.07, 6.45) is 3.43. The Morgan fingerprint density at radius 2 is 2.00 bits per heavy atom. The average Bonchev–Trinajstić information content (AvgIpc) is 2.13. The lowest BCUT2D eigenvalue weighted by Crippen LogP contribution is -2.50. The minimum atomic E-state index is -1.13. The van der Waals surface area contributed by atoms with Crippen LogP contribution in [0.5, 0.6) is 0 Å². The van der Waals surface area contributed by atoms with Crippen molar-refractivity contribution in [3.8, 4) is 0 Å². The number of amides is 2. The van der Waals surface area contributed by atoms with E-state index >= 15 is 0 Å². The van der Waals surface area contributed by atoms with Crippen LogP contribution in [0.1, 0.15) is 32.6 Å². The van der Waals surface area contributed by atoms with Gasteiger partial charge >= 0.3 is 12.0 Å². The second kappa shape index (κ2) is 6.44. The Morgan fingerprint density at radius 1 is 1.35 bits per heavy atom. The number of aliphatic hydroxyl groups is 1. The molecule has 0 spiro atoms. The number of carbonyl (C=O) groups is 2. The molecule has 4 N–H and O–H groups in total. The second-order valence-electron chi connectivity index (χ2n) is 4.50. The van der Waals surface area contributed by atoms with E-state index in [0.717, 1.165) is 12.8 Å². The minimum Gasteiger partial charge on any atom is -0.480 e. The molecule has 1 fully saturated rings. The summed E-state index contributed by atoms with van der Waals surface area (Å²) in [5, 5.41) is 22.6. The molecule has 0 saturated heterocycles. The van der Waals surface area contributed by atoms with E-state index in [2.05, 4.69) is 10.6 Å². The molecule has 0 aromatic heterocycles. The van der Waals surface area contributed by atoms with Crippen LogP contribution in [-0.4, -0.2) is 40.9 Å². The van der Waals surface area contributed by atoms with Crippen LogP contribution < -0.4 is 10.6 Å². The molecule has 2 amide bonds. The van der Waals surface area contributed by atoms with Crippen molar-refractivity contribution >= 4 is 12.0 Å². The molecule has 1 saturated carbocycles. The first kappa shape index (κ1) is 13.8. The van der Waals surface area contributed by atoms with Crippen LogP contribution in [0.15, 0.2) is 0 Å². The summed E-state index contributed by atoms with van der Waals surface area (Å²) in [6.45, 7) is 1.65. The highest BCUT2D eigenvalue weighted by atomic mass is 16.4. The number of hydrogen-bond acceptors (Lipinski definition) is 3. The zero-order chi connectivity index (χ0) is 12.8. The standard InChI is InChI=1S/C11H20N2O4/c1-7(8-3-2-4-8)12-11(17)13-9(5-6-14)10(15)16/h7-9,14H,2-6H2,1H3,(H,15,16)(H2,12,13,17)/t7?,9-/m0/s1. The lowest BCUT2D eigenvalue weighted by atomic mass is 9.80. The number of carboxylic acids is 1. The molecule has 6 nitrogen and oxygen atoms in total. The van der Waals surface area contributed by atoms with Gasteiger partial charge in [0.1, 0.15) is 6.04 Å². The van der Waals surface area contributed by atoms with Crippen molar-refractivity contribution < 1.29 is 19.8 Å². The van der Waals surface area contributed by atoms with Gasteiger partial charge in [-0.05, 0) is 25.7 Å². The fourth-order valence-electron chi connectivity index (χ4n) is 1.85. The maximum absolute atomic E-state index is 11.5. The van der Waals surface area contributed by atoms with Gasteiger partial charge in [0.15, 0.2) is 0 Å². The molecule has 0 aliphatic heterocycles. The summed E-state index contributed by atoms with van der Waals surface area (Å²) in [5.41, 5.74) is 0. The van der Waals surface area contributed by atoms with Crippen LogP contribution in [-0.2, 0) is 4.79 Å². The maximum Gasteiger partial charge on any atom is 0.326 e. The average molecular weight is 244 g/mol. The Kier molecular flexibility index (Phi) is 5.21. The highest BCUT2D eigenvalue weighted by molar-refractivity contribution is 5.82. The number of rotatable bonds is 6. The van der Waals surface area contributed by atoms with E-state index in [1.54, 1.807) is 0 Å². The van der Waals surface area contributed by atoms with Gasteiger partial charge in [0.05, 0.1) is 0 Å². The van der Waals surface area contributed by atoms with E-state index in [1.165, 1.54) is 6.42 Å². The van der Waals surface area contributed by atoms with Crippen molar-refractivity contribution in [2.75, 3.05) is 6.61 Å². The van der Waals surface area contributed by atoms with Gasteiger partial charge in [-0.3, -0.25) is 0 Å². The normalized spacial score (nSPS) is 18.9. The van der Waals surface area contributed by atoms with Gasteiger partial charge in [-0.15, -0.1) is 0 Å². The monoisotopic (exact) mass is 244 g/mol. The zero-order valence-electron chi connectivity index (χ0n) is 9.98. The van der Waals surface area contributed by atoms with Gasteiger partial charge in [-0.25, -0.2) is 9.59 Å². The number of carboxylic acid groups (broad SMARTS) is 1. The molecule has 6 heteroatoms. The highest BCUT2D eigenvalue weighted by Gasteiger charge is 2.26. The number of nitrogens with one attached hydrogen (secondary N) is 2. The highest BCUT2D eigenvalue weighted by Crippen LogP contribution is 2.29. The third-order valence-electron chi connectivity index (χ3n) is 3.24. The molecule has 98 valence electrons. The molecule has 1 rings (SSSR count). The van der Waals surface area contributed by atoms with Crippen LogP contribution >= 0.6 is 0 Å². The summed E-state index contributed by atoms with van der Waals surface area (Å²) in [5.74, 6) is -0.632. The number of carbonyl (C=O) groups excluding carboxylic acids is 1. The maximum atomic E-state index is 11.5. The predicted molar refractivity (Wildman–Crippen MR) is 61.6 cm³/mol. The quantitative estimate of drug-likeness (QED) is 0.540. The van der Waals surface area contributed by atoms with E-state index in [9.17, 15) is 9.59 Å². The van der Waals surface area contributed by atoms with Crippen LogP contribution in [0.25, 0.3) is 0 Å². The van der Waals surface area contributed by atoms with Crippen LogP contribution in [0.2, 0.25) is 0 Å². The first-order valence-electron chi connectivity index (χ1n) is 5.95. The third kappa shape index (κ3) is 4.22.